The molecule has 2 aromatic rings. The fourth-order valence-electron chi connectivity index (χ4n) is 1.10. The van der Waals surface area contributed by atoms with Crippen molar-refractivity contribution in [3.05, 3.63) is 23.7 Å². The molecule has 14 heavy (non-hydrogen) atoms. The van der Waals surface area contributed by atoms with Gasteiger partial charge in [-0.05, 0) is 12.1 Å². The zero-order valence-electron chi connectivity index (χ0n) is 7.86. The molecule has 2 heterocycles. The molecule has 2 rings (SSSR count). The number of hydrogen-bond donors (Lipinski definition) is 1. The summed E-state index contributed by atoms with van der Waals surface area (Å²) in [5, 5.41) is 3.77. The van der Waals surface area contributed by atoms with Crippen LogP contribution in [0.25, 0.3) is 11.7 Å². The highest BCUT2D eigenvalue weighted by atomic mass is 16.5. The van der Waals surface area contributed by atoms with Crippen LogP contribution in [-0.4, -0.2) is 10.1 Å². The first-order chi connectivity index (χ1) is 6.83. The van der Waals surface area contributed by atoms with Crippen molar-refractivity contribution < 1.29 is 8.94 Å². The fourth-order valence-corrected chi connectivity index (χ4v) is 1.10. The minimum absolute atomic E-state index is 0.370. The van der Waals surface area contributed by atoms with Gasteiger partial charge in [0.1, 0.15) is 5.76 Å². The minimum Gasteiger partial charge on any atom is -0.455 e. The first-order valence-corrected chi connectivity index (χ1v) is 4.45. The standard InChI is InChI=1S/C9H11N3O2/c1-2-8-11-9(14-12-8)7-4-3-6(5-10)13-7/h3-4H,2,5,10H2,1H3. The Morgan fingerprint density at radius 3 is 2.86 bits per heavy atom. The Kier molecular flexibility index (Phi) is 2.32. The van der Waals surface area contributed by atoms with Gasteiger partial charge in [-0.3, -0.25) is 0 Å². The van der Waals surface area contributed by atoms with E-state index in [1.807, 2.05) is 6.92 Å². The molecule has 0 aliphatic carbocycles. The van der Waals surface area contributed by atoms with Crippen molar-refractivity contribution in [2.24, 2.45) is 5.73 Å². The maximum Gasteiger partial charge on any atom is 0.293 e. The summed E-state index contributed by atoms with van der Waals surface area (Å²) in [4.78, 5) is 4.13. The number of nitrogens with zero attached hydrogens (tertiary/aromatic N) is 2. The predicted molar refractivity (Wildman–Crippen MR) is 49.3 cm³/mol. The summed E-state index contributed by atoms with van der Waals surface area (Å²) >= 11 is 0. The van der Waals surface area contributed by atoms with Gasteiger partial charge in [-0.1, -0.05) is 12.1 Å². The molecule has 2 aromatic heterocycles. The average Bonchev–Trinajstić information content (AvgIpc) is 2.86. The van der Waals surface area contributed by atoms with E-state index in [0.717, 1.165) is 6.42 Å². The van der Waals surface area contributed by atoms with E-state index < -0.39 is 0 Å². The molecule has 0 spiro atoms. The van der Waals surface area contributed by atoms with E-state index in [-0.39, 0.29) is 0 Å². The Morgan fingerprint density at radius 1 is 1.43 bits per heavy atom. The third-order valence-electron chi connectivity index (χ3n) is 1.86. The number of aryl methyl sites for hydroxylation is 1. The molecule has 74 valence electrons. The van der Waals surface area contributed by atoms with E-state index >= 15 is 0 Å². The van der Waals surface area contributed by atoms with E-state index in [0.29, 0.717) is 29.8 Å². The van der Waals surface area contributed by atoms with Gasteiger partial charge in [0.15, 0.2) is 11.6 Å². The quantitative estimate of drug-likeness (QED) is 0.796. The van der Waals surface area contributed by atoms with Crippen molar-refractivity contribution in [3.8, 4) is 11.7 Å². The lowest BCUT2D eigenvalue weighted by molar-refractivity contribution is 0.405. The third-order valence-corrected chi connectivity index (χ3v) is 1.86. The van der Waals surface area contributed by atoms with Crippen molar-refractivity contribution in [1.29, 1.82) is 0 Å². The Morgan fingerprint density at radius 2 is 2.29 bits per heavy atom. The van der Waals surface area contributed by atoms with Gasteiger partial charge in [-0.25, -0.2) is 0 Å². The van der Waals surface area contributed by atoms with Gasteiger partial charge in [0, 0.05) is 6.42 Å². The van der Waals surface area contributed by atoms with E-state index in [1.54, 1.807) is 12.1 Å². The summed E-state index contributed by atoms with van der Waals surface area (Å²) in [6, 6.07) is 3.57. The van der Waals surface area contributed by atoms with Crippen molar-refractivity contribution in [1.82, 2.24) is 10.1 Å². The number of nitrogens with two attached hydrogens (primary N) is 1. The van der Waals surface area contributed by atoms with Crippen LogP contribution in [0.1, 0.15) is 18.5 Å². The van der Waals surface area contributed by atoms with Gasteiger partial charge < -0.3 is 14.7 Å². The summed E-state index contributed by atoms with van der Waals surface area (Å²) in [6.45, 7) is 2.33. The van der Waals surface area contributed by atoms with Crippen LogP contribution in [-0.2, 0) is 13.0 Å². The van der Waals surface area contributed by atoms with Gasteiger partial charge in [0.05, 0.1) is 6.54 Å². The Balaban J connectivity index is 2.29. The lowest BCUT2D eigenvalue weighted by Gasteiger charge is -1.87. The molecule has 0 atom stereocenters. The lowest BCUT2D eigenvalue weighted by Crippen LogP contribution is -1.92. The van der Waals surface area contributed by atoms with Crippen LogP contribution in [0.2, 0.25) is 0 Å². The molecular formula is C9H11N3O2. The normalized spacial score (nSPS) is 10.7. The van der Waals surface area contributed by atoms with Gasteiger partial charge in [0.25, 0.3) is 5.89 Å². The maximum atomic E-state index is 5.41. The second kappa shape index (κ2) is 3.63. The number of hydrogen-bond acceptors (Lipinski definition) is 5. The molecule has 0 aromatic carbocycles. The summed E-state index contributed by atoms with van der Waals surface area (Å²) in [5.41, 5.74) is 5.41. The maximum absolute atomic E-state index is 5.41. The second-order valence-corrected chi connectivity index (χ2v) is 2.84. The van der Waals surface area contributed by atoms with Crippen molar-refractivity contribution >= 4 is 0 Å². The van der Waals surface area contributed by atoms with Crippen LogP contribution < -0.4 is 5.73 Å². The molecule has 0 saturated heterocycles. The van der Waals surface area contributed by atoms with Crippen molar-refractivity contribution in [2.45, 2.75) is 19.9 Å². The molecule has 0 radical (unpaired) electrons. The van der Waals surface area contributed by atoms with E-state index in [1.165, 1.54) is 0 Å². The lowest BCUT2D eigenvalue weighted by atomic mass is 10.4. The second-order valence-electron chi connectivity index (χ2n) is 2.84. The third kappa shape index (κ3) is 1.54. The summed E-state index contributed by atoms with van der Waals surface area (Å²) in [7, 11) is 0. The highest BCUT2D eigenvalue weighted by Gasteiger charge is 2.11. The summed E-state index contributed by atoms with van der Waals surface area (Å²) < 4.78 is 10.4. The molecule has 5 nitrogen and oxygen atoms in total. The first-order valence-electron chi connectivity index (χ1n) is 4.45. The van der Waals surface area contributed by atoms with Crippen LogP contribution in [0.3, 0.4) is 0 Å². The van der Waals surface area contributed by atoms with Crippen LogP contribution in [0.4, 0.5) is 0 Å². The molecule has 0 amide bonds. The largest absolute Gasteiger partial charge is 0.455 e. The smallest absolute Gasteiger partial charge is 0.293 e. The molecule has 0 aliphatic heterocycles. The zero-order valence-corrected chi connectivity index (χ0v) is 7.86. The van der Waals surface area contributed by atoms with Crippen molar-refractivity contribution in [3.63, 3.8) is 0 Å². The fraction of sp³-hybridized carbons (Fsp3) is 0.333. The van der Waals surface area contributed by atoms with Crippen LogP contribution in [0.15, 0.2) is 21.1 Å². The van der Waals surface area contributed by atoms with Crippen LogP contribution in [0.5, 0.6) is 0 Å². The summed E-state index contributed by atoms with van der Waals surface area (Å²) in [6.07, 6.45) is 0.744. The number of furan rings is 1. The van der Waals surface area contributed by atoms with Crippen LogP contribution in [0, 0.1) is 0 Å². The monoisotopic (exact) mass is 193 g/mol. The number of aromatic nitrogens is 2. The topological polar surface area (TPSA) is 78.1 Å². The molecule has 0 fully saturated rings. The molecular weight excluding hydrogens is 182 g/mol. The Labute approximate surface area is 80.9 Å². The molecule has 5 heteroatoms. The Bertz CT molecular complexity index is 379. The first kappa shape index (κ1) is 8.96. The predicted octanol–water partition coefficient (Wildman–Crippen LogP) is 1.35. The van der Waals surface area contributed by atoms with Gasteiger partial charge >= 0.3 is 0 Å². The molecule has 0 aliphatic rings. The van der Waals surface area contributed by atoms with Gasteiger partial charge in [-0.15, -0.1) is 0 Å². The highest BCUT2D eigenvalue weighted by Crippen LogP contribution is 2.19. The number of rotatable bonds is 3. The van der Waals surface area contributed by atoms with Gasteiger partial charge in [0.2, 0.25) is 0 Å². The molecule has 0 saturated carbocycles. The minimum atomic E-state index is 0.370. The average molecular weight is 193 g/mol. The molecule has 0 bridgehead atoms. The van der Waals surface area contributed by atoms with E-state index in [2.05, 4.69) is 10.1 Å². The van der Waals surface area contributed by atoms with Crippen molar-refractivity contribution in [2.75, 3.05) is 0 Å². The SMILES string of the molecule is CCc1noc(-c2ccc(CN)o2)n1. The zero-order chi connectivity index (χ0) is 9.97. The van der Waals surface area contributed by atoms with E-state index in [9.17, 15) is 0 Å². The molecule has 2 N–H and O–H groups in total. The molecule has 0 unspecified atom stereocenters. The van der Waals surface area contributed by atoms with Crippen LogP contribution >= 0.6 is 0 Å². The Hall–Kier alpha value is -1.62. The highest BCUT2D eigenvalue weighted by molar-refractivity contribution is 5.44. The van der Waals surface area contributed by atoms with E-state index in [4.69, 9.17) is 14.7 Å². The van der Waals surface area contributed by atoms with Gasteiger partial charge in [-0.2, -0.15) is 4.98 Å². The summed E-state index contributed by atoms with van der Waals surface area (Å²) in [5.74, 6) is 2.35.